The Balaban J connectivity index is 2.11. The summed E-state index contributed by atoms with van der Waals surface area (Å²) in [7, 11) is 0. The van der Waals surface area contributed by atoms with E-state index in [1.165, 1.54) is 32.7 Å². The Morgan fingerprint density at radius 3 is 2.42 bits per heavy atom. The molecule has 1 heterocycles. The molecule has 0 unspecified atom stereocenters. The fourth-order valence-electron chi connectivity index (χ4n) is 3.32. The molecule has 1 aromatic heterocycles. The fourth-order valence-corrected chi connectivity index (χ4v) is 6.35. The van der Waals surface area contributed by atoms with Crippen LogP contribution in [0.3, 0.4) is 0 Å². The molecule has 0 saturated heterocycles. The van der Waals surface area contributed by atoms with E-state index in [1.807, 2.05) is 6.20 Å². The van der Waals surface area contributed by atoms with Crippen LogP contribution in [0.5, 0.6) is 0 Å². The maximum absolute atomic E-state index is 4.67. The van der Waals surface area contributed by atoms with E-state index >= 15 is 0 Å². The zero-order valence-electron chi connectivity index (χ0n) is 15.4. The molecule has 0 aliphatic carbocycles. The van der Waals surface area contributed by atoms with Crippen molar-refractivity contribution in [2.45, 2.75) is 42.3 Å². The van der Waals surface area contributed by atoms with Gasteiger partial charge in [-0.3, -0.25) is 0 Å². The van der Waals surface area contributed by atoms with E-state index in [-0.39, 0.29) is 0 Å². The van der Waals surface area contributed by atoms with Crippen molar-refractivity contribution in [3.8, 4) is 11.3 Å². The molecule has 0 saturated carbocycles. The van der Waals surface area contributed by atoms with Crippen LogP contribution >= 0.6 is 0 Å². The molecule has 0 bridgehead atoms. The van der Waals surface area contributed by atoms with Gasteiger partial charge in [0.1, 0.15) is 0 Å². The van der Waals surface area contributed by atoms with Crippen LogP contribution in [0.4, 0.5) is 0 Å². The third kappa shape index (κ3) is 3.89. The average Bonchev–Trinajstić information content (AvgIpc) is 2.52. The molecule has 124 valence electrons. The minimum absolute atomic E-state index is 0.502. The van der Waals surface area contributed by atoms with Gasteiger partial charge in [-0.05, 0) is 0 Å². The maximum atomic E-state index is 4.67. The normalized spacial score (nSPS) is 12.1. The second-order valence-corrected chi connectivity index (χ2v) is 19.7. The number of pyridine rings is 1. The van der Waals surface area contributed by atoms with E-state index in [9.17, 15) is 0 Å². The molecule has 0 atom stereocenters. The Hall–Kier alpha value is -1.61. The first-order valence-electron chi connectivity index (χ1n) is 8.81. The number of aromatic nitrogens is 1. The molecule has 0 spiro atoms. The van der Waals surface area contributed by atoms with Gasteiger partial charge in [0, 0.05) is 0 Å². The molecule has 3 aromatic rings. The SMILES string of the molecule is CC(C)c1cc(-c2cc([CH2][Ge]([CH3])([CH3])[CH3])ccn2)cc2ccccc12. The van der Waals surface area contributed by atoms with Crippen LogP contribution in [0.15, 0.2) is 54.7 Å². The predicted octanol–water partition coefficient (Wildman–Crippen LogP) is 6.45. The van der Waals surface area contributed by atoms with Crippen molar-refractivity contribution in [1.82, 2.24) is 4.98 Å². The summed E-state index contributed by atoms with van der Waals surface area (Å²) in [4.78, 5) is 4.67. The van der Waals surface area contributed by atoms with Crippen molar-refractivity contribution in [2.75, 3.05) is 0 Å². The number of hydrogen-bond donors (Lipinski definition) is 0. The van der Waals surface area contributed by atoms with Crippen molar-refractivity contribution < 1.29 is 0 Å². The Kier molecular flexibility index (Phi) is 4.82. The van der Waals surface area contributed by atoms with Gasteiger partial charge in [-0.1, -0.05) is 0 Å². The monoisotopic (exact) mass is 379 g/mol. The van der Waals surface area contributed by atoms with Gasteiger partial charge in [0.25, 0.3) is 0 Å². The third-order valence-electron chi connectivity index (χ3n) is 4.37. The standard InChI is InChI=1S/C22H27GeN/c1-16(2)21-14-19(13-18-8-6-7-9-20(18)21)22-12-17(10-11-24-22)15-23(3,4)5/h6-14,16H,15H2,1-5H3. The molecule has 0 aliphatic heterocycles. The van der Waals surface area contributed by atoms with Crippen LogP contribution in [0, 0.1) is 0 Å². The first-order valence-corrected chi connectivity index (χ1v) is 16.6. The van der Waals surface area contributed by atoms with Gasteiger partial charge in [-0.25, -0.2) is 0 Å². The number of fused-ring (bicyclic) bond motifs is 1. The van der Waals surface area contributed by atoms with Gasteiger partial charge in [0.15, 0.2) is 0 Å². The molecule has 2 heteroatoms. The fraction of sp³-hybridized carbons (Fsp3) is 0.318. The topological polar surface area (TPSA) is 12.9 Å². The summed E-state index contributed by atoms with van der Waals surface area (Å²) in [5.41, 5.74) is 5.18. The number of rotatable bonds is 4. The van der Waals surface area contributed by atoms with Crippen molar-refractivity contribution in [3.63, 3.8) is 0 Å². The third-order valence-corrected chi connectivity index (χ3v) is 7.45. The molecule has 0 aliphatic rings. The van der Waals surface area contributed by atoms with Crippen LogP contribution in [0.25, 0.3) is 22.0 Å². The van der Waals surface area contributed by atoms with Crippen molar-refractivity contribution >= 4 is 24.0 Å². The van der Waals surface area contributed by atoms with Gasteiger partial charge >= 0.3 is 148 Å². The molecule has 0 N–H and O–H groups in total. The summed E-state index contributed by atoms with van der Waals surface area (Å²) in [5.74, 6) is 7.90. The predicted molar refractivity (Wildman–Crippen MR) is 108 cm³/mol. The van der Waals surface area contributed by atoms with E-state index in [4.69, 9.17) is 0 Å². The summed E-state index contributed by atoms with van der Waals surface area (Å²) in [6.45, 7) is 4.53. The summed E-state index contributed by atoms with van der Waals surface area (Å²) in [5, 5.41) is 3.91. The molecule has 0 radical (unpaired) electrons. The Labute approximate surface area is 148 Å². The van der Waals surface area contributed by atoms with Crippen molar-refractivity contribution in [3.05, 3.63) is 65.9 Å². The molecule has 0 fully saturated rings. The quantitative estimate of drug-likeness (QED) is 0.476. The van der Waals surface area contributed by atoms with E-state index in [0.29, 0.717) is 5.92 Å². The Morgan fingerprint density at radius 2 is 1.71 bits per heavy atom. The number of nitrogens with zero attached hydrogens (tertiary/aromatic N) is 1. The second kappa shape index (κ2) is 6.72. The molecule has 1 nitrogen and oxygen atoms in total. The average molecular weight is 378 g/mol. The van der Waals surface area contributed by atoms with Gasteiger partial charge in [-0.2, -0.15) is 0 Å². The van der Waals surface area contributed by atoms with E-state index in [2.05, 4.69) is 84.6 Å². The number of hydrogen-bond acceptors (Lipinski definition) is 1. The molecule has 24 heavy (non-hydrogen) atoms. The number of benzene rings is 2. The van der Waals surface area contributed by atoms with E-state index in [1.54, 1.807) is 0 Å². The summed E-state index contributed by atoms with van der Waals surface area (Å²) < 4.78 is 0. The molecule has 3 rings (SSSR count). The molecule has 0 amide bonds. The van der Waals surface area contributed by atoms with Gasteiger partial charge in [0.05, 0.1) is 0 Å². The summed E-state index contributed by atoms with van der Waals surface area (Å²) in [6.07, 6.45) is 1.98. The van der Waals surface area contributed by atoms with Gasteiger partial charge in [-0.15, -0.1) is 0 Å². The van der Waals surface area contributed by atoms with E-state index < -0.39 is 13.3 Å². The Bertz CT molecular complexity index is 859. The van der Waals surface area contributed by atoms with Crippen molar-refractivity contribution in [2.24, 2.45) is 0 Å². The summed E-state index contributed by atoms with van der Waals surface area (Å²) >= 11 is -1.61. The van der Waals surface area contributed by atoms with Crippen LogP contribution < -0.4 is 0 Å². The minimum atomic E-state index is -1.61. The Morgan fingerprint density at radius 1 is 0.958 bits per heavy atom. The first kappa shape index (κ1) is 17.2. The molecular formula is C22H27GeN. The van der Waals surface area contributed by atoms with Gasteiger partial charge < -0.3 is 0 Å². The zero-order valence-corrected chi connectivity index (χ0v) is 17.5. The zero-order chi connectivity index (χ0) is 17.3. The van der Waals surface area contributed by atoms with E-state index in [0.717, 1.165) is 5.69 Å². The second-order valence-electron chi connectivity index (χ2n) is 8.23. The van der Waals surface area contributed by atoms with Crippen LogP contribution in [-0.4, -0.2) is 18.3 Å². The molecular weight excluding hydrogens is 351 g/mol. The van der Waals surface area contributed by atoms with Crippen LogP contribution in [0.1, 0.15) is 30.9 Å². The van der Waals surface area contributed by atoms with Crippen LogP contribution in [0.2, 0.25) is 17.3 Å². The first-order chi connectivity index (χ1) is 11.3. The molecule has 2 aromatic carbocycles. The van der Waals surface area contributed by atoms with Gasteiger partial charge in [0.2, 0.25) is 0 Å². The van der Waals surface area contributed by atoms with Crippen LogP contribution in [-0.2, 0) is 5.25 Å². The summed E-state index contributed by atoms with van der Waals surface area (Å²) in [6, 6.07) is 17.8. The van der Waals surface area contributed by atoms with Crippen molar-refractivity contribution in [1.29, 1.82) is 0 Å².